The maximum absolute atomic E-state index is 13.5. The smallest absolute Gasteiger partial charge is 0.240 e. The molecule has 3 atom stereocenters. The van der Waals surface area contributed by atoms with Crippen LogP contribution in [0.1, 0.15) is 37.5 Å². The second-order valence-electron chi connectivity index (χ2n) is 8.23. The van der Waals surface area contributed by atoms with Crippen molar-refractivity contribution in [2.45, 2.75) is 48.7 Å². The molecule has 162 valence electrons. The predicted molar refractivity (Wildman–Crippen MR) is 107 cm³/mol. The number of carbonyl (C=O) groups excluding carboxylic acids is 1. The summed E-state index contributed by atoms with van der Waals surface area (Å²) >= 11 is 0. The third kappa shape index (κ3) is 4.54. The topological polar surface area (TPSA) is 119 Å². The molecule has 10 heteroatoms. The van der Waals surface area contributed by atoms with Crippen molar-refractivity contribution in [1.82, 2.24) is 15.0 Å². The number of rotatable bonds is 7. The molecule has 0 unspecified atom stereocenters. The van der Waals surface area contributed by atoms with Crippen molar-refractivity contribution >= 4 is 15.7 Å². The van der Waals surface area contributed by atoms with E-state index < -0.39 is 28.0 Å². The number of carbonyl (C=O) groups is 1. The van der Waals surface area contributed by atoms with Crippen LogP contribution < -0.4 is 5.73 Å². The highest BCUT2D eigenvalue weighted by atomic mass is 32.2. The highest BCUT2D eigenvalue weighted by Crippen LogP contribution is 2.40. The van der Waals surface area contributed by atoms with Crippen molar-refractivity contribution < 1.29 is 22.1 Å². The molecule has 2 aliphatic rings. The van der Waals surface area contributed by atoms with Crippen LogP contribution in [0.2, 0.25) is 0 Å². The Bertz CT molecular complexity index is 1020. The minimum Gasteiger partial charge on any atom is -0.339 e. The Morgan fingerprint density at radius 1 is 1.30 bits per heavy atom. The fourth-order valence-electron chi connectivity index (χ4n) is 3.77. The van der Waals surface area contributed by atoms with E-state index in [0.29, 0.717) is 36.7 Å². The van der Waals surface area contributed by atoms with Crippen LogP contribution in [0, 0.1) is 5.92 Å². The Hall–Kier alpha value is -2.33. The number of hydrogen-bond donors (Lipinski definition) is 1. The van der Waals surface area contributed by atoms with Crippen molar-refractivity contribution in [2.75, 3.05) is 19.3 Å². The monoisotopic (exact) mass is 436 g/mol. The molecule has 2 aromatic rings. The van der Waals surface area contributed by atoms with Gasteiger partial charge in [0, 0.05) is 18.4 Å². The van der Waals surface area contributed by atoms with Gasteiger partial charge < -0.3 is 15.2 Å². The maximum Gasteiger partial charge on any atom is 0.240 e. The van der Waals surface area contributed by atoms with E-state index in [1.807, 2.05) is 0 Å². The van der Waals surface area contributed by atoms with E-state index in [2.05, 4.69) is 10.1 Å². The summed E-state index contributed by atoms with van der Waals surface area (Å²) in [5, 5.41) is 4.00. The Balaban J connectivity index is 1.55. The molecule has 1 aromatic carbocycles. The van der Waals surface area contributed by atoms with Gasteiger partial charge in [0.05, 0.1) is 23.4 Å². The summed E-state index contributed by atoms with van der Waals surface area (Å²) in [6.45, 7) is 0.441. The van der Waals surface area contributed by atoms with Gasteiger partial charge in [0.25, 0.3) is 0 Å². The molecule has 1 saturated carbocycles. The van der Waals surface area contributed by atoms with Gasteiger partial charge in [-0.15, -0.1) is 0 Å². The molecule has 8 nitrogen and oxygen atoms in total. The lowest BCUT2D eigenvalue weighted by Crippen LogP contribution is -2.46. The molecule has 2 fully saturated rings. The lowest BCUT2D eigenvalue weighted by molar-refractivity contribution is -0.132. The second kappa shape index (κ2) is 8.07. The van der Waals surface area contributed by atoms with Crippen molar-refractivity contribution in [1.29, 1.82) is 0 Å². The molecular formula is C20H25FN4O4S. The minimum atomic E-state index is -3.30. The summed E-state index contributed by atoms with van der Waals surface area (Å²) in [7, 11) is -3.30. The Morgan fingerprint density at radius 3 is 2.57 bits per heavy atom. The first kappa shape index (κ1) is 20.9. The van der Waals surface area contributed by atoms with E-state index in [1.54, 1.807) is 12.1 Å². The molecule has 30 heavy (non-hydrogen) atoms. The molecule has 2 N–H and O–H groups in total. The second-order valence-corrected chi connectivity index (χ2v) is 10.3. The zero-order valence-corrected chi connectivity index (χ0v) is 17.5. The first-order valence-corrected chi connectivity index (χ1v) is 11.9. The number of nitrogens with two attached hydrogens (primary N) is 1. The van der Waals surface area contributed by atoms with Gasteiger partial charge in [-0.3, -0.25) is 4.79 Å². The standard InChI is InChI=1S/C20H25FN4O4S/c1-30(27,28)15-6-4-13(5-7-15)18-23-19(29-24-18)16(10-12-2-3-12)17(22)20(26)25-9-8-14(21)11-25/h4-7,12,14,16-17H,2-3,8-11,22H2,1H3/t14-,16-,17-/m0/s1. The fourth-order valence-corrected chi connectivity index (χ4v) is 4.40. The van der Waals surface area contributed by atoms with E-state index >= 15 is 0 Å². The maximum atomic E-state index is 13.5. The number of halogens is 1. The van der Waals surface area contributed by atoms with Gasteiger partial charge in [-0.25, -0.2) is 12.8 Å². The quantitative estimate of drug-likeness (QED) is 0.704. The predicted octanol–water partition coefficient (Wildman–Crippen LogP) is 1.92. The third-order valence-corrected chi connectivity index (χ3v) is 6.87. The van der Waals surface area contributed by atoms with Crippen LogP contribution in [0.4, 0.5) is 4.39 Å². The Kier molecular flexibility index (Phi) is 5.63. The van der Waals surface area contributed by atoms with Gasteiger partial charge in [0.15, 0.2) is 9.84 Å². The van der Waals surface area contributed by atoms with E-state index in [9.17, 15) is 17.6 Å². The molecular weight excluding hydrogens is 411 g/mol. The van der Waals surface area contributed by atoms with E-state index in [0.717, 1.165) is 19.1 Å². The van der Waals surface area contributed by atoms with Crippen LogP contribution in [0.3, 0.4) is 0 Å². The van der Waals surface area contributed by atoms with Gasteiger partial charge >= 0.3 is 0 Å². The number of amides is 1. The van der Waals surface area contributed by atoms with Crippen LogP contribution in [0.5, 0.6) is 0 Å². The summed E-state index contributed by atoms with van der Waals surface area (Å²) in [5.41, 5.74) is 6.90. The van der Waals surface area contributed by atoms with Gasteiger partial charge in [-0.1, -0.05) is 18.0 Å². The van der Waals surface area contributed by atoms with Gasteiger partial charge in [-0.2, -0.15) is 4.98 Å². The first-order valence-electron chi connectivity index (χ1n) is 10.0. The SMILES string of the molecule is CS(=O)(=O)c1ccc(-c2noc([C@@H](CC3CC3)[C@H](N)C(=O)N3CC[C@H](F)C3)n2)cc1. The van der Waals surface area contributed by atoms with Crippen molar-refractivity contribution in [3.05, 3.63) is 30.2 Å². The zero-order chi connectivity index (χ0) is 21.5. The number of alkyl halides is 1. The number of likely N-dealkylation sites (tertiary alicyclic amines) is 1. The van der Waals surface area contributed by atoms with E-state index in [1.165, 1.54) is 17.0 Å². The molecule has 0 bridgehead atoms. The number of sulfone groups is 1. The molecule has 2 heterocycles. The van der Waals surface area contributed by atoms with Crippen LogP contribution in [0.15, 0.2) is 33.7 Å². The van der Waals surface area contributed by atoms with Gasteiger partial charge in [0.2, 0.25) is 17.6 Å². The highest BCUT2D eigenvalue weighted by Gasteiger charge is 2.39. The minimum absolute atomic E-state index is 0.0739. The summed E-state index contributed by atoms with van der Waals surface area (Å²) in [6.07, 6.45) is 3.27. The number of hydrogen-bond acceptors (Lipinski definition) is 7. The molecule has 4 rings (SSSR count). The molecule has 0 radical (unpaired) electrons. The van der Waals surface area contributed by atoms with Gasteiger partial charge in [0.1, 0.15) is 6.17 Å². The van der Waals surface area contributed by atoms with Crippen molar-refractivity contribution in [3.63, 3.8) is 0 Å². The van der Waals surface area contributed by atoms with Crippen LogP contribution in [-0.2, 0) is 14.6 Å². The molecule has 1 aromatic heterocycles. The Morgan fingerprint density at radius 2 is 2.00 bits per heavy atom. The molecule has 0 spiro atoms. The first-order chi connectivity index (χ1) is 14.2. The lowest BCUT2D eigenvalue weighted by Gasteiger charge is -2.25. The number of benzene rings is 1. The molecule has 1 saturated heterocycles. The average Bonchev–Trinajstić information content (AvgIpc) is 3.21. The van der Waals surface area contributed by atoms with Crippen molar-refractivity contribution in [2.24, 2.45) is 11.7 Å². The van der Waals surface area contributed by atoms with E-state index in [4.69, 9.17) is 10.3 Å². The van der Waals surface area contributed by atoms with E-state index in [-0.39, 0.29) is 23.2 Å². The molecule has 1 aliphatic heterocycles. The largest absolute Gasteiger partial charge is 0.339 e. The van der Waals surface area contributed by atoms with Gasteiger partial charge in [-0.05, 0) is 43.0 Å². The van der Waals surface area contributed by atoms with Crippen molar-refractivity contribution in [3.8, 4) is 11.4 Å². The molecule has 1 aliphatic carbocycles. The van der Waals surface area contributed by atoms with Crippen LogP contribution in [-0.4, -0.2) is 60.9 Å². The molecule has 1 amide bonds. The van der Waals surface area contributed by atoms with Crippen LogP contribution >= 0.6 is 0 Å². The third-order valence-electron chi connectivity index (χ3n) is 5.74. The lowest BCUT2D eigenvalue weighted by atomic mass is 9.93. The number of nitrogens with zero attached hydrogens (tertiary/aromatic N) is 3. The fraction of sp³-hybridized carbons (Fsp3) is 0.550. The highest BCUT2D eigenvalue weighted by molar-refractivity contribution is 7.90. The summed E-state index contributed by atoms with van der Waals surface area (Å²) in [5.74, 6) is 0.306. The van der Waals surface area contributed by atoms with Crippen LogP contribution in [0.25, 0.3) is 11.4 Å². The average molecular weight is 437 g/mol. The normalized spacial score (nSPS) is 21.6. The Labute approximate surface area is 174 Å². The summed E-state index contributed by atoms with van der Waals surface area (Å²) < 4.78 is 42.2. The number of aromatic nitrogens is 2. The summed E-state index contributed by atoms with van der Waals surface area (Å²) in [4.78, 5) is 18.9. The zero-order valence-electron chi connectivity index (χ0n) is 16.7. The summed E-state index contributed by atoms with van der Waals surface area (Å²) in [6, 6.07) is 5.31.